The van der Waals surface area contributed by atoms with E-state index in [4.69, 9.17) is 5.11 Å². The quantitative estimate of drug-likeness (QED) is 0.867. The number of hydrogen-bond donors (Lipinski definition) is 2. The van der Waals surface area contributed by atoms with E-state index in [2.05, 4.69) is 4.72 Å². The van der Waals surface area contributed by atoms with Crippen LogP contribution in [0.5, 0.6) is 0 Å². The summed E-state index contributed by atoms with van der Waals surface area (Å²) in [5.74, 6) is -3.05. The van der Waals surface area contributed by atoms with Crippen molar-refractivity contribution in [3.8, 4) is 0 Å². The molecule has 0 spiro atoms. The molecule has 1 aromatic heterocycles. The van der Waals surface area contributed by atoms with Crippen LogP contribution in [0.1, 0.15) is 36.2 Å². The molecule has 2 unspecified atom stereocenters. The summed E-state index contributed by atoms with van der Waals surface area (Å²) in [6, 6.07) is -0.307. The van der Waals surface area contributed by atoms with Crippen molar-refractivity contribution < 1.29 is 31.5 Å². The van der Waals surface area contributed by atoms with Crippen molar-refractivity contribution >= 4 is 16.0 Å². The van der Waals surface area contributed by atoms with E-state index in [0.717, 1.165) is 16.8 Å². The number of halogens is 3. The van der Waals surface area contributed by atoms with Crippen molar-refractivity contribution in [1.29, 1.82) is 0 Å². The number of hydrogen-bond acceptors (Lipinski definition) is 3. The number of rotatable bonds is 4. The molecule has 0 saturated heterocycles. The SMILES string of the molecule is Cn1cc(S(=O)(=O)NC2CCCCC2C(F)(F)F)cc1C(=O)O. The van der Waals surface area contributed by atoms with Gasteiger partial charge in [0.25, 0.3) is 0 Å². The maximum Gasteiger partial charge on any atom is 0.393 e. The molecule has 1 heterocycles. The number of carboxylic acid groups (broad SMARTS) is 1. The standard InChI is InChI=1S/C13H17F3N2O4S/c1-18-7-8(6-11(18)12(19)20)23(21,22)17-10-5-3-2-4-9(10)13(14,15)16/h6-7,9-10,17H,2-5H2,1H3,(H,19,20). The number of carboxylic acids is 1. The van der Waals surface area contributed by atoms with Gasteiger partial charge in [-0.1, -0.05) is 12.8 Å². The summed E-state index contributed by atoms with van der Waals surface area (Å²) in [6.07, 6.45) is -2.52. The van der Waals surface area contributed by atoms with Crippen LogP contribution in [0.4, 0.5) is 13.2 Å². The van der Waals surface area contributed by atoms with Gasteiger partial charge in [0.1, 0.15) is 10.6 Å². The first-order chi connectivity index (χ1) is 10.5. The van der Waals surface area contributed by atoms with Crippen LogP contribution in [-0.4, -0.2) is 36.3 Å². The Morgan fingerprint density at radius 1 is 1.35 bits per heavy atom. The lowest BCUT2D eigenvalue weighted by molar-refractivity contribution is -0.187. The van der Waals surface area contributed by atoms with Crippen molar-refractivity contribution in [2.75, 3.05) is 0 Å². The molecule has 6 nitrogen and oxygen atoms in total. The molecule has 1 aliphatic rings. The first-order valence-corrected chi connectivity index (χ1v) is 8.49. The van der Waals surface area contributed by atoms with Gasteiger partial charge in [-0.05, 0) is 18.9 Å². The van der Waals surface area contributed by atoms with E-state index in [0.29, 0.717) is 12.8 Å². The largest absolute Gasteiger partial charge is 0.477 e. The van der Waals surface area contributed by atoms with E-state index in [9.17, 15) is 26.4 Å². The number of aromatic carboxylic acids is 1. The first-order valence-electron chi connectivity index (χ1n) is 7.01. The Labute approximate surface area is 131 Å². The molecule has 1 aromatic rings. The molecule has 0 bridgehead atoms. The van der Waals surface area contributed by atoms with Crippen LogP contribution < -0.4 is 4.72 Å². The van der Waals surface area contributed by atoms with E-state index in [-0.39, 0.29) is 23.4 Å². The maximum atomic E-state index is 13.0. The normalized spacial score (nSPS) is 23.0. The summed E-state index contributed by atoms with van der Waals surface area (Å²) in [6.45, 7) is 0. The molecule has 2 rings (SSSR count). The number of carbonyl (C=O) groups is 1. The van der Waals surface area contributed by atoms with Gasteiger partial charge in [0.05, 0.1) is 5.92 Å². The highest BCUT2D eigenvalue weighted by Gasteiger charge is 2.46. The minimum absolute atomic E-state index is 0.0992. The topological polar surface area (TPSA) is 88.4 Å². The Morgan fingerprint density at radius 3 is 2.48 bits per heavy atom. The van der Waals surface area contributed by atoms with E-state index in [1.807, 2.05) is 0 Å². The zero-order valence-corrected chi connectivity index (χ0v) is 13.1. The number of aryl methyl sites for hydroxylation is 1. The molecular weight excluding hydrogens is 337 g/mol. The second-order valence-electron chi connectivity index (χ2n) is 5.64. The number of sulfonamides is 1. The number of aromatic nitrogens is 1. The molecule has 10 heteroatoms. The monoisotopic (exact) mass is 354 g/mol. The Bertz CT molecular complexity index is 697. The minimum Gasteiger partial charge on any atom is -0.477 e. The molecular formula is C13H17F3N2O4S. The fraction of sp³-hybridized carbons (Fsp3) is 0.615. The van der Waals surface area contributed by atoms with E-state index >= 15 is 0 Å². The predicted molar refractivity (Wildman–Crippen MR) is 74.5 cm³/mol. The fourth-order valence-electron chi connectivity index (χ4n) is 2.82. The highest BCUT2D eigenvalue weighted by Crippen LogP contribution is 2.38. The molecule has 1 aliphatic carbocycles. The van der Waals surface area contributed by atoms with Gasteiger partial charge in [-0.25, -0.2) is 17.9 Å². The zero-order valence-electron chi connectivity index (χ0n) is 12.3. The van der Waals surface area contributed by atoms with Crippen LogP contribution in [0.2, 0.25) is 0 Å². The Kier molecular flexibility index (Phi) is 4.76. The Hall–Kier alpha value is -1.55. The fourth-order valence-corrected chi connectivity index (χ4v) is 4.21. The average Bonchev–Trinajstić information content (AvgIpc) is 2.81. The van der Waals surface area contributed by atoms with E-state index in [1.54, 1.807) is 0 Å². The van der Waals surface area contributed by atoms with Crippen molar-refractivity contribution in [3.63, 3.8) is 0 Å². The molecule has 2 atom stereocenters. The van der Waals surface area contributed by atoms with Crippen LogP contribution in [0.25, 0.3) is 0 Å². The maximum absolute atomic E-state index is 13.0. The zero-order chi connectivity index (χ0) is 17.4. The molecule has 0 amide bonds. The smallest absolute Gasteiger partial charge is 0.393 e. The highest BCUT2D eigenvalue weighted by molar-refractivity contribution is 7.89. The second-order valence-corrected chi connectivity index (χ2v) is 7.35. The van der Waals surface area contributed by atoms with Crippen molar-refractivity contribution in [2.45, 2.75) is 42.8 Å². The molecule has 1 saturated carbocycles. The van der Waals surface area contributed by atoms with Crippen LogP contribution >= 0.6 is 0 Å². The lowest BCUT2D eigenvalue weighted by Crippen LogP contribution is -2.47. The van der Waals surface area contributed by atoms with Crippen LogP contribution in [-0.2, 0) is 17.1 Å². The Balaban J connectivity index is 2.26. The summed E-state index contributed by atoms with van der Waals surface area (Å²) in [4.78, 5) is 10.6. The lowest BCUT2D eigenvalue weighted by Gasteiger charge is -2.33. The molecule has 0 aliphatic heterocycles. The highest BCUT2D eigenvalue weighted by atomic mass is 32.2. The molecule has 23 heavy (non-hydrogen) atoms. The van der Waals surface area contributed by atoms with Crippen LogP contribution in [0.15, 0.2) is 17.2 Å². The number of nitrogens with zero attached hydrogens (tertiary/aromatic N) is 1. The summed E-state index contributed by atoms with van der Waals surface area (Å²) in [5, 5.41) is 8.93. The average molecular weight is 354 g/mol. The minimum atomic E-state index is -4.48. The predicted octanol–water partition coefficient (Wildman–Crippen LogP) is 2.12. The van der Waals surface area contributed by atoms with Gasteiger partial charge in [-0.15, -0.1) is 0 Å². The van der Waals surface area contributed by atoms with Gasteiger partial charge in [0, 0.05) is 19.3 Å². The van der Waals surface area contributed by atoms with Gasteiger partial charge in [-0.3, -0.25) is 0 Å². The Morgan fingerprint density at radius 2 is 1.96 bits per heavy atom. The number of nitrogens with one attached hydrogen (secondary N) is 1. The summed E-state index contributed by atoms with van der Waals surface area (Å²) in [7, 11) is -2.87. The lowest BCUT2D eigenvalue weighted by atomic mass is 9.85. The second kappa shape index (κ2) is 6.16. The van der Waals surface area contributed by atoms with E-state index < -0.39 is 34.1 Å². The summed E-state index contributed by atoms with van der Waals surface area (Å²) >= 11 is 0. The number of alkyl halides is 3. The molecule has 0 aromatic carbocycles. The van der Waals surface area contributed by atoms with Gasteiger partial charge in [0.15, 0.2) is 0 Å². The van der Waals surface area contributed by atoms with E-state index in [1.165, 1.54) is 7.05 Å². The van der Waals surface area contributed by atoms with Gasteiger partial charge < -0.3 is 9.67 Å². The van der Waals surface area contributed by atoms with Crippen molar-refractivity contribution in [2.24, 2.45) is 13.0 Å². The van der Waals surface area contributed by atoms with Crippen molar-refractivity contribution in [3.05, 3.63) is 18.0 Å². The van der Waals surface area contributed by atoms with Crippen LogP contribution in [0.3, 0.4) is 0 Å². The molecule has 1 fully saturated rings. The third-order valence-electron chi connectivity index (χ3n) is 4.00. The summed E-state index contributed by atoms with van der Waals surface area (Å²) < 4.78 is 66.8. The van der Waals surface area contributed by atoms with Gasteiger partial charge in [0.2, 0.25) is 10.0 Å². The summed E-state index contributed by atoms with van der Waals surface area (Å²) in [5.41, 5.74) is -0.263. The first kappa shape index (κ1) is 17.8. The molecule has 130 valence electrons. The van der Waals surface area contributed by atoms with Gasteiger partial charge >= 0.3 is 12.1 Å². The third kappa shape index (κ3) is 3.86. The van der Waals surface area contributed by atoms with Crippen molar-refractivity contribution in [1.82, 2.24) is 9.29 Å². The van der Waals surface area contributed by atoms with Crippen LogP contribution in [0, 0.1) is 5.92 Å². The third-order valence-corrected chi connectivity index (χ3v) is 5.46. The molecule has 0 radical (unpaired) electrons. The molecule has 2 N–H and O–H groups in total. The van der Waals surface area contributed by atoms with Gasteiger partial charge in [-0.2, -0.15) is 13.2 Å².